The Morgan fingerprint density at radius 1 is 1.38 bits per heavy atom. The molecule has 0 saturated heterocycles. The van der Waals surface area contributed by atoms with Crippen molar-refractivity contribution < 1.29 is 18.4 Å². The molecule has 0 radical (unpaired) electrons. The van der Waals surface area contributed by atoms with Crippen molar-refractivity contribution in [2.24, 2.45) is 5.92 Å². The maximum atomic E-state index is 11.6. The summed E-state index contributed by atoms with van der Waals surface area (Å²) in [6.07, 6.45) is 0. The summed E-state index contributed by atoms with van der Waals surface area (Å²) in [7, 11) is 1.36. The molecule has 2 aromatic heterocycles. The average Bonchev–Trinajstić information content (AvgIpc) is 3.07. The van der Waals surface area contributed by atoms with Gasteiger partial charge < -0.3 is 13.6 Å². The van der Waals surface area contributed by atoms with Crippen molar-refractivity contribution in [3.8, 4) is 11.7 Å². The number of ether oxygens (including phenoxy) is 1. The fourth-order valence-electron chi connectivity index (χ4n) is 1.77. The lowest BCUT2D eigenvalue weighted by molar-refractivity contribution is -0.144. The minimum atomic E-state index is -0.428. The Kier molecular flexibility index (Phi) is 5.13. The van der Waals surface area contributed by atoms with Crippen LogP contribution < -0.4 is 5.32 Å². The third-order valence-corrected chi connectivity index (χ3v) is 3.27. The number of furan rings is 1. The molecular weight excluding hydrogens is 342 g/mol. The zero-order valence-electron chi connectivity index (χ0n) is 11.9. The van der Waals surface area contributed by atoms with Crippen LogP contribution in [0.1, 0.15) is 19.7 Å². The maximum absolute atomic E-state index is 11.6. The van der Waals surface area contributed by atoms with Crippen LogP contribution in [0.2, 0.25) is 0 Å². The smallest absolute Gasteiger partial charge is 0.323 e. The lowest BCUT2D eigenvalue weighted by Gasteiger charge is -2.18. The van der Waals surface area contributed by atoms with E-state index in [4.69, 9.17) is 13.6 Å². The largest absolute Gasteiger partial charge is 0.468 e. The van der Waals surface area contributed by atoms with Gasteiger partial charge in [0, 0.05) is 0 Å². The van der Waals surface area contributed by atoms with Gasteiger partial charge in [-0.2, -0.15) is 0 Å². The molecule has 0 aliphatic heterocycles. The summed E-state index contributed by atoms with van der Waals surface area (Å²) in [5, 5.41) is 10.9. The molecule has 0 aliphatic carbocycles. The summed E-state index contributed by atoms with van der Waals surface area (Å²) in [6, 6.07) is 3.03. The molecule has 0 amide bonds. The van der Waals surface area contributed by atoms with Crippen molar-refractivity contribution in [1.82, 2.24) is 15.5 Å². The minimum absolute atomic E-state index is 0.0841. The number of halogens is 1. The quantitative estimate of drug-likeness (QED) is 0.793. The molecule has 0 aromatic carbocycles. The van der Waals surface area contributed by atoms with Gasteiger partial charge in [0.15, 0.2) is 10.4 Å². The number of esters is 1. The van der Waals surface area contributed by atoms with E-state index in [1.54, 1.807) is 12.1 Å². The number of rotatable bonds is 6. The van der Waals surface area contributed by atoms with Crippen LogP contribution in [0.4, 0.5) is 0 Å². The van der Waals surface area contributed by atoms with E-state index in [1.807, 2.05) is 13.8 Å². The number of aromatic nitrogens is 2. The predicted octanol–water partition coefficient (Wildman–Crippen LogP) is 2.38. The molecule has 21 heavy (non-hydrogen) atoms. The second-order valence-electron chi connectivity index (χ2n) is 4.73. The first kappa shape index (κ1) is 15.7. The number of nitrogens with one attached hydrogen (secondary N) is 1. The average molecular weight is 358 g/mol. The monoisotopic (exact) mass is 357 g/mol. The number of carbonyl (C=O) groups is 1. The number of methoxy groups -OCH3 is 1. The van der Waals surface area contributed by atoms with Crippen LogP contribution >= 0.6 is 15.9 Å². The molecule has 1 atom stereocenters. The summed E-state index contributed by atoms with van der Waals surface area (Å²) in [5.74, 6) is 0.901. The molecule has 0 spiro atoms. The van der Waals surface area contributed by atoms with E-state index in [9.17, 15) is 4.79 Å². The van der Waals surface area contributed by atoms with Gasteiger partial charge in [0.05, 0.1) is 13.7 Å². The topological polar surface area (TPSA) is 90.4 Å². The Bertz CT molecular complexity index is 608. The van der Waals surface area contributed by atoms with E-state index >= 15 is 0 Å². The molecule has 2 rings (SSSR count). The highest BCUT2D eigenvalue weighted by molar-refractivity contribution is 9.10. The van der Waals surface area contributed by atoms with Gasteiger partial charge in [-0.25, -0.2) is 0 Å². The van der Waals surface area contributed by atoms with Gasteiger partial charge in [-0.05, 0) is 34.0 Å². The molecule has 8 heteroatoms. The molecular formula is C13H16BrN3O4. The fourth-order valence-corrected chi connectivity index (χ4v) is 2.08. The third-order valence-electron chi connectivity index (χ3n) is 2.85. The van der Waals surface area contributed by atoms with E-state index in [2.05, 4.69) is 31.4 Å². The van der Waals surface area contributed by atoms with E-state index in [0.29, 0.717) is 16.3 Å². The summed E-state index contributed by atoms with van der Waals surface area (Å²) >= 11 is 3.21. The first-order valence-electron chi connectivity index (χ1n) is 6.40. The molecule has 0 saturated carbocycles. The van der Waals surface area contributed by atoms with Crippen LogP contribution in [0.15, 0.2) is 25.6 Å². The standard InChI is InChI=1S/C13H16BrN3O4/c1-7(2)11(13(18)19-3)15-6-10-16-17-12(21-10)8-4-5-9(14)20-8/h4-5,7,11,15H,6H2,1-3H3. The molecule has 2 aromatic rings. The highest BCUT2D eigenvalue weighted by Gasteiger charge is 2.23. The van der Waals surface area contributed by atoms with Gasteiger partial charge in [-0.3, -0.25) is 10.1 Å². The second kappa shape index (κ2) is 6.86. The summed E-state index contributed by atoms with van der Waals surface area (Å²) in [4.78, 5) is 11.6. The van der Waals surface area contributed by atoms with E-state index < -0.39 is 6.04 Å². The van der Waals surface area contributed by atoms with E-state index in [1.165, 1.54) is 7.11 Å². The van der Waals surface area contributed by atoms with Crippen LogP contribution in [0, 0.1) is 5.92 Å². The highest BCUT2D eigenvalue weighted by atomic mass is 79.9. The number of hydrogen-bond donors (Lipinski definition) is 1. The fraction of sp³-hybridized carbons (Fsp3) is 0.462. The zero-order chi connectivity index (χ0) is 15.4. The van der Waals surface area contributed by atoms with Crippen LogP contribution in [-0.2, 0) is 16.1 Å². The Hall–Kier alpha value is -1.67. The highest BCUT2D eigenvalue weighted by Crippen LogP contribution is 2.23. The Morgan fingerprint density at radius 2 is 2.14 bits per heavy atom. The van der Waals surface area contributed by atoms with Crippen molar-refractivity contribution >= 4 is 21.9 Å². The van der Waals surface area contributed by atoms with E-state index in [0.717, 1.165) is 0 Å². The van der Waals surface area contributed by atoms with Gasteiger partial charge in [0.2, 0.25) is 5.89 Å². The van der Waals surface area contributed by atoms with Crippen molar-refractivity contribution in [3.63, 3.8) is 0 Å². The Morgan fingerprint density at radius 3 is 2.71 bits per heavy atom. The van der Waals surface area contributed by atoms with Gasteiger partial charge in [0.25, 0.3) is 5.89 Å². The maximum Gasteiger partial charge on any atom is 0.323 e. The van der Waals surface area contributed by atoms with Crippen molar-refractivity contribution in [2.45, 2.75) is 26.4 Å². The van der Waals surface area contributed by atoms with Gasteiger partial charge >= 0.3 is 5.97 Å². The summed E-state index contributed by atoms with van der Waals surface area (Å²) < 4.78 is 16.1. The van der Waals surface area contributed by atoms with Crippen LogP contribution in [0.3, 0.4) is 0 Å². The first-order valence-corrected chi connectivity index (χ1v) is 7.20. The first-order chi connectivity index (χ1) is 10.0. The van der Waals surface area contributed by atoms with Gasteiger partial charge in [0.1, 0.15) is 6.04 Å². The van der Waals surface area contributed by atoms with Crippen molar-refractivity contribution in [3.05, 3.63) is 22.7 Å². The van der Waals surface area contributed by atoms with Crippen LogP contribution in [0.25, 0.3) is 11.7 Å². The Labute approximate surface area is 130 Å². The molecule has 0 aliphatic rings. The molecule has 2 heterocycles. The third kappa shape index (κ3) is 3.92. The Balaban J connectivity index is 2.00. The van der Waals surface area contributed by atoms with E-state index in [-0.39, 0.29) is 24.3 Å². The normalized spacial score (nSPS) is 12.6. The lowest BCUT2D eigenvalue weighted by atomic mass is 10.1. The van der Waals surface area contributed by atoms with Crippen molar-refractivity contribution in [1.29, 1.82) is 0 Å². The number of nitrogens with zero attached hydrogens (tertiary/aromatic N) is 2. The zero-order valence-corrected chi connectivity index (χ0v) is 13.5. The van der Waals surface area contributed by atoms with Crippen molar-refractivity contribution in [2.75, 3.05) is 7.11 Å². The number of hydrogen-bond acceptors (Lipinski definition) is 7. The summed E-state index contributed by atoms with van der Waals surface area (Å²) in [5.41, 5.74) is 0. The SMILES string of the molecule is COC(=O)C(NCc1nnc(-c2ccc(Br)o2)o1)C(C)C. The lowest BCUT2D eigenvalue weighted by Crippen LogP contribution is -2.41. The predicted molar refractivity (Wildman–Crippen MR) is 77.2 cm³/mol. The van der Waals surface area contributed by atoms with Gasteiger partial charge in [-0.1, -0.05) is 13.8 Å². The molecule has 114 valence electrons. The molecule has 1 N–H and O–H groups in total. The van der Waals surface area contributed by atoms with Crippen LogP contribution in [0.5, 0.6) is 0 Å². The molecule has 7 nitrogen and oxygen atoms in total. The molecule has 1 unspecified atom stereocenters. The van der Waals surface area contributed by atoms with Gasteiger partial charge in [-0.15, -0.1) is 10.2 Å². The summed E-state index contributed by atoms with van der Waals surface area (Å²) in [6.45, 7) is 4.12. The number of carbonyl (C=O) groups excluding carboxylic acids is 1. The molecule has 0 bridgehead atoms. The second-order valence-corrected chi connectivity index (χ2v) is 5.51. The molecule has 0 fully saturated rings. The minimum Gasteiger partial charge on any atom is -0.468 e. The van der Waals surface area contributed by atoms with Crippen LogP contribution in [-0.4, -0.2) is 29.3 Å².